The van der Waals surface area contributed by atoms with Gasteiger partial charge in [-0.3, -0.25) is 19.6 Å². The predicted octanol–water partition coefficient (Wildman–Crippen LogP) is 9.70. The average Bonchev–Trinajstić information content (AvgIpc) is 3.96. The minimum Gasteiger partial charge on any atom is -0.493 e. The number of Topliss-reactive ketones (excluding diaryl/α,β-unsaturated/α-hetero) is 2. The van der Waals surface area contributed by atoms with Crippen LogP contribution in [-0.2, 0) is 17.6 Å². The number of carbonyl (C=O) groups is 4. The molecule has 0 unspecified atom stereocenters. The van der Waals surface area contributed by atoms with Crippen LogP contribution >= 0.6 is 22.7 Å². The fourth-order valence-corrected chi connectivity index (χ4v) is 9.05. The molecule has 4 aromatic heterocycles. The number of fused-ring (bicyclic) bond motifs is 2. The molecule has 0 aliphatic heterocycles. The summed E-state index contributed by atoms with van der Waals surface area (Å²) in [5.41, 5.74) is 7.29. The van der Waals surface area contributed by atoms with Crippen LogP contribution in [0.5, 0.6) is 23.0 Å². The minimum atomic E-state index is -1.06. The Morgan fingerprint density at radius 3 is 1.40 bits per heavy atom. The van der Waals surface area contributed by atoms with Gasteiger partial charge in [0.15, 0.2) is 34.6 Å². The van der Waals surface area contributed by atoms with Crippen molar-refractivity contribution in [3.63, 3.8) is 0 Å². The fourth-order valence-electron chi connectivity index (χ4n) is 7.21. The number of methoxy groups -OCH3 is 5. The molecule has 1 N–H and O–H groups in total. The third kappa shape index (κ3) is 10.1. The van der Waals surface area contributed by atoms with Crippen molar-refractivity contribution in [3.8, 4) is 44.1 Å². The van der Waals surface area contributed by atoms with E-state index >= 15 is 0 Å². The van der Waals surface area contributed by atoms with Crippen LogP contribution in [0.4, 0.5) is 0 Å². The summed E-state index contributed by atoms with van der Waals surface area (Å²) in [4.78, 5) is 67.7. The molecule has 16 heteroatoms. The normalized spacial score (nSPS) is 10.8. The molecule has 0 aliphatic carbocycles. The molecule has 8 rings (SSSR count). The zero-order valence-corrected chi connectivity index (χ0v) is 38.0. The van der Waals surface area contributed by atoms with Crippen LogP contribution in [0, 0.1) is 13.8 Å². The summed E-state index contributed by atoms with van der Waals surface area (Å²) in [6.45, 7) is 3.69. The molecule has 0 spiro atoms. The van der Waals surface area contributed by atoms with Gasteiger partial charge in [-0.25, -0.2) is 19.6 Å². The molecule has 0 saturated carbocycles. The quantitative estimate of drug-likeness (QED) is 0.0802. The van der Waals surface area contributed by atoms with E-state index in [-0.39, 0.29) is 30.0 Å². The van der Waals surface area contributed by atoms with Gasteiger partial charge >= 0.3 is 11.9 Å². The molecular weight excluding hydrogens is 869 g/mol. The monoisotopic (exact) mass is 910 g/mol. The number of thiazole rings is 2. The Bertz CT molecular complexity index is 3060. The maximum atomic E-state index is 13.1. The highest BCUT2D eigenvalue weighted by Gasteiger charge is 2.20. The molecule has 0 fully saturated rings. The van der Waals surface area contributed by atoms with Crippen LogP contribution in [0.1, 0.15) is 63.7 Å². The van der Waals surface area contributed by atoms with E-state index in [0.29, 0.717) is 61.4 Å². The summed E-state index contributed by atoms with van der Waals surface area (Å²) in [7, 11) is 7.48. The predicted molar refractivity (Wildman–Crippen MR) is 249 cm³/mol. The first-order chi connectivity index (χ1) is 31.3. The van der Waals surface area contributed by atoms with E-state index < -0.39 is 11.9 Å². The van der Waals surface area contributed by atoms with Gasteiger partial charge in [-0.1, -0.05) is 0 Å². The molecule has 8 aromatic rings. The van der Waals surface area contributed by atoms with E-state index in [9.17, 15) is 24.3 Å². The number of aryl methyl sites for hydroxylation is 2. The number of rotatable bonds is 14. The Hall–Kier alpha value is -7.56. The lowest BCUT2D eigenvalue weighted by Crippen LogP contribution is -2.08. The smallest absolute Gasteiger partial charge is 0.337 e. The zero-order chi connectivity index (χ0) is 46.4. The summed E-state index contributed by atoms with van der Waals surface area (Å²) in [6, 6.07) is 20.6. The maximum absolute atomic E-state index is 13.1. The first-order valence-corrected chi connectivity index (χ1v) is 21.5. The number of aromatic carboxylic acids is 1. The number of esters is 1. The van der Waals surface area contributed by atoms with Crippen molar-refractivity contribution in [3.05, 3.63) is 142 Å². The molecule has 65 heavy (non-hydrogen) atoms. The van der Waals surface area contributed by atoms with Gasteiger partial charge in [0.25, 0.3) is 0 Å². The third-order valence-electron chi connectivity index (χ3n) is 10.2. The van der Waals surface area contributed by atoms with Crippen LogP contribution in [0.2, 0.25) is 0 Å². The molecule has 0 bridgehead atoms. The van der Waals surface area contributed by atoms with Gasteiger partial charge in [0.05, 0.1) is 67.1 Å². The Balaban J connectivity index is 0.000000194. The number of aromatic nitrogens is 4. The molecule has 0 atom stereocenters. The molecule has 0 aliphatic rings. The largest absolute Gasteiger partial charge is 0.493 e. The highest BCUT2D eigenvalue weighted by Crippen LogP contribution is 2.36. The topological polar surface area (TPSA) is 186 Å². The number of carbonyl (C=O) groups excluding carboxylic acids is 3. The molecule has 4 aromatic carbocycles. The number of hydrogen-bond acceptors (Lipinski definition) is 15. The number of carboxylic acids is 1. The third-order valence-corrected chi connectivity index (χ3v) is 12.3. The summed E-state index contributed by atoms with van der Waals surface area (Å²) in [5.74, 6) is 0.322. The van der Waals surface area contributed by atoms with Gasteiger partial charge in [-0.15, -0.1) is 22.7 Å². The van der Waals surface area contributed by atoms with Crippen LogP contribution in [0.3, 0.4) is 0 Å². The second-order valence-electron chi connectivity index (χ2n) is 14.6. The summed E-state index contributed by atoms with van der Waals surface area (Å²) in [5, 5.41) is 11.0. The van der Waals surface area contributed by atoms with Crippen molar-refractivity contribution in [1.82, 2.24) is 19.9 Å². The van der Waals surface area contributed by atoms with Crippen LogP contribution < -0.4 is 18.9 Å². The lowest BCUT2D eigenvalue weighted by Gasteiger charge is -2.13. The van der Waals surface area contributed by atoms with Crippen molar-refractivity contribution in [1.29, 1.82) is 0 Å². The number of benzene rings is 4. The molecule has 4 heterocycles. The van der Waals surface area contributed by atoms with Gasteiger partial charge < -0.3 is 28.8 Å². The van der Waals surface area contributed by atoms with Crippen LogP contribution in [-0.4, -0.2) is 84.1 Å². The second kappa shape index (κ2) is 19.9. The number of ketones is 2. The Kier molecular flexibility index (Phi) is 13.9. The van der Waals surface area contributed by atoms with Gasteiger partial charge in [-0.05, 0) is 109 Å². The van der Waals surface area contributed by atoms with Crippen molar-refractivity contribution in [2.75, 3.05) is 35.5 Å². The number of pyridine rings is 2. The number of hydrogen-bond donors (Lipinski definition) is 1. The second-order valence-corrected chi connectivity index (χ2v) is 16.7. The highest BCUT2D eigenvalue weighted by atomic mass is 32.1. The summed E-state index contributed by atoms with van der Waals surface area (Å²) in [6.07, 6.45) is 6.96. The average molecular weight is 911 g/mol. The van der Waals surface area contributed by atoms with Gasteiger partial charge in [0.2, 0.25) is 0 Å². The van der Waals surface area contributed by atoms with E-state index in [1.807, 2.05) is 32.0 Å². The van der Waals surface area contributed by atoms with Crippen LogP contribution in [0.15, 0.2) is 97.6 Å². The van der Waals surface area contributed by atoms with Gasteiger partial charge in [0.1, 0.15) is 10.0 Å². The lowest BCUT2D eigenvalue weighted by atomic mass is 9.97. The highest BCUT2D eigenvalue weighted by molar-refractivity contribution is 7.22. The molecule has 14 nitrogen and oxygen atoms in total. The number of nitrogens with zero attached hydrogens (tertiary/aromatic N) is 4. The minimum absolute atomic E-state index is 0.0372. The standard InChI is InChI=1S/C25H22N2O5S.C24H20N2O5S/c1-14-7-16(12-21(30-2)23(14)31-3)20(28)10-15-8-17(11-18(9-15)25(29)32-4)24-27-19-5-6-26-13-22(19)33-24;1-13-6-15(11-20(30-2)22(13)31-3)19(27)9-14-7-16(10-17(8-14)24(28)29)23-26-18-4-5-25-12-21(18)32-23/h5-9,11-13H,10H2,1-4H3;4-8,10-12H,9H2,1-3H3,(H,28,29). The molecule has 330 valence electrons. The summed E-state index contributed by atoms with van der Waals surface area (Å²) < 4.78 is 28.2. The van der Waals surface area contributed by atoms with Crippen molar-refractivity contribution >= 4 is 66.6 Å². The molecule has 0 amide bonds. The Morgan fingerprint density at radius 1 is 0.554 bits per heavy atom. The molecule has 0 saturated heterocycles. The van der Waals surface area contributed by atoms with E-state index in [0.717, 1.165) is 42.1 Å². The molecular formula is C49H42N4O10S2. The van der Waals surface area contributed by atoms with Crippen LogP contribution in [0.25, 0.3) is 41.6 Å². The van der Waals surface area contributed by atoms with Crippen molar-refractivity contribution < 1.29 is 48.0 Å². The Morgan fingerprint density at radius 2 is 1.00 bits per heavy atom. The molecule has 0 radical (unpaired) electrons. The lowest BCUT2D eigenvalue weighted by molar-refractivity contribution is 0.0599. The number of carboxylic acid groups (broad SMARTS) is 1. The number of ether oxygens (including phenoxy) is 5. The van der Waals surface area contributed by atoms with E-state index in [1.54, 1.807) is 87.5 Å². The zero-order valence-electron chi connectivity index (χ0n) is 36.4. The van der Waals surface area contributed by atoms with Crippen molar-refractivity contribution in [2.24, 2.45) is 0 Å². The van der Waals surface area contributed by atoms with Gasteiger partial charge in [0, 0.05) is 59.9 Å². The first kappa shape index (κ1) is 45.5. The SMILES string of the molecule is COC(=O)c1cc(CC(=O)c2cc(C)c(OC)c(OC)c2)cc(-c2nc3ccncc3s2)c1.COc1cc(C(=O)Cc2cc(C(=O)O)cc(-c3nc4ccncc4s3)c2)cc(C)c1OC. The Labute approximate surface area is 381 Å². The van der Waals surface area contributed by atoms with Gasteiger partial charge in [-0.2, -0.15) is 0 Å². The maximum Gasteiger partial charge on any atom is 0.337 e. The van der Waals surface area contributed by atoms with E-state index in [2.05, 4.69) is 19.9 Å². The van der Waals surface area contributed by atoms with Crippen molar-refractivity contribution in [2.45, 2.75) is 26.7 Å². The van der Waals surface area contributed by atoms with E-state index in [1.165, 1.54) is 50.1 Å². The van der Waals surface area contributed by atoms with E-state index in [4.69, 9.17) is 23.7 Å². The summed E-state index contributed by atoms with van der Waals surface area (Å²) >= 11 is 2.90. The first-order valence-electron chi connectivity index (χ1n) is 19.9. The fraction of sp³-hybridized carbons (Fsp3) is 0.184.